The molecule has 0 unspecified atom stereocenters. The van der Waals surface area contributed by atoms with Gasteiger partial charge in [0.2, 0.25) is 5.76 Å². The van der Waals surface area contributed by atoms with Crippen LogP contribution in [0.5, 0.6) is 5.75 Å². The Morgan fingerprint density at radius 3 is 2.61 bits per heavy atom. The van der Waals surface area contributed by atoms with E-state index in [1.54, 1.807) is 31.2 Å². The molecule has 0 aliphatic heterocycles. The highest BCUT2D eigenvalue weighted by Crippen LogP contribution is 2.25. The summed E-state index contributed by atoms with van der Waals surface area (Å²) < 4.78 is 10.4. The number of carbonyl (C=O) groups is 1. The number of hydrogen-bond donors (Lipinski definition) is 1. The van der Waals surface area contributed by atoms with Gasteiger partial charge in [0.1, 0.15) is 11.4 Å². The van der Waals surface area contributed by atoms with Crippen molar-refractivity contribution in [3.05, 3.63) is 35.9 Å². The first-order chi connectivity index (χ1) is 8.61. The fourth-order valence-corrected chi connectivity index (χ4v) is 1.64. The zero-order chi connectivity index (χ0) is 13.1. The maximum atomic E-state index is 11.0. The van der Waals surface area contributed by atoms with Crippen LogP contribution in [0.1, 0.15) is 23.4 Å². The summed E-state index contributed by atoms with van der Waals surface area (Å²) in [6.07, 6.45) is 0. The Morgan fingerprint density at radius 2 is 2.06 bits per heavy atom. The molecule has 0 spiro atoms. The van der Waals surface area contributed by atoms with Gasteiger partial charge in [-0.05, 0) is 31.2 Å². The third kappa shape index (κ3) is 2.34. The number of ether oxygens (including phenoxy) is 1. The second-order valence-electron chi connectivity index (χ2n) is 3.67. The zero-order valence-corrected chi connectivity index (χ0v) is 10.1. The van der Waals surface area contributed by atoms with Crippen molar-refractivity contribution in [3.8, 4) is 17.0 Å². The summed E-state index contributed by atoms with van der Waals surface area (Å²) in [6, 6.07) is 7.06. The zero-order valence-electron chi connectivity index (χ0n) is 10.1. The maximum absolute atomic E-state index is 11.0. The first-order valence-corrected chi connectivity index (χ1v) is 5.55. The fourth-order valence-electron chi connectivity index (χ4n) is 1.64. The molecule has 0 atom stereocenters. The van der Waals surface area contributed by atoms with Gasteiger partial charge in [-0.1, -0.05) is 0 Å². The van der Waals surface area contributed by atoms with E-state index >= 15 is 0 Å². The van der Waals surface area contributed by atoms with Gasteiger partial charge in [0.15, 0.2) is 5.89 Å². The molecule has 0 amide bonds. The molecule has 0 radical (unpaired) electrons. The van der Waals surface area contributed by atoms with Gasteiger partial charge in [0, 0.05) is 12.5 Å². The molecule has 0 saturated carbocycles. The van der Waals surface area contributed by atoms with Crippen LogP contribution in [0.4, 0.5) is 0 Å². The lowest BCUT2D eigenvalue weighted by molar-refractivity contribution is 0.0662. The first kappa shape index (κ1) is 12.2. The number of carboxylic acids is 1. The minimum absolute atomic E-state index is 0.142. The van der Waals surface area contributed by atoms with Gasteiger partial charge in [0.05, 0.1) is 6.61 Å². The number of aromatic nitrogens is 1. The van der Waals surface area contributed by atoms with Crippen LogP contribution in [-0.4, -0.2) is 22.7 Å². The van der Waals surface area contributed by atoms with E-state index in [1.807, 2.05) is 6.92 Å². The number of aryl methyl sites for hydroxylation is 1. The number of benzene rings is 1. The minimum Gasteiger partial charge on any atom is -0.494 e. The van der Waals surface area contributed by atoms with Crippen molar-refractivity contribution in [3.63, 3.8) is 0 Å². The second kappa shape index (κ2) is 4.91. The topological polar surface area (TPSA) is 72.6 Å². The smallest absolute Gasteiger partial charge is 0.374 e. The predicted octanol–water partition coefficient (Wildman–Crippen LogP) is 2.75. The highest BCUT2D eigenvalue weighted by atomic mass is 16.5. The molecule has 0 bridgehead atoms. The number of rotatable bonds is 4. The number of carboxylic acid groups (broad SMARTS) is 1. The summed E-state index contributed by atoms with van der Waals surface area (Å²) >= 11 is 0. The van der Waals surface area contributed by atoms with Crippen LogP contribution in [0.25, 0.3) is 11.3 Å². The van der Waals surface area contributed by atoms with Crippen molar-refractivity contribution in [1.82, 2.24) is 4.98 Å². The van der Waals surface area contributed by atoms with Crippen LogP contribution in [0.3, 0.4) is 0 Å². The van der Waals surface area contributed by atoms with Crippen molar-refractivity contribution in [2.24, 2.45) is 0 Å². The molecule has 18 heavy (non-hydrogen) atoms. The van der Waals surface area contributed by atoms with E-state index in [4.69, 9.17) is 14.3 Å². The van der Waals surface area contributed by atoms with Crippen molar-refractivity contribution >= 4 is 5.97 Å². The lowest BCUT2D eigenvalue weighted by Gasteiger charge is -2.03. The Morgan fingerprint density at radius 1 is 1.39 bits per heavy atom. The van der Waals surface area contributed by atoms with E-state index < -0.39 is 5.97 Å². The standard InChI is InChI=1S/C13H13NO4/c1-3-17-10-6-4-9(5-7-10)11-12(13(15)16)18-8(2)14-11/h4-7H,3H2,1-2H3,(H,15,16). The molecule has 2 aromatic rings. The minimum atomic E-state index is -1.13. The Hall–Kier alpha value is -2.30. The average Bonchev–Trinajstić information content (AvgIpc) is 2.73. The number of oxazole rings is 1. The van der Waals surface area contributed by atoms with Crippen molar-refractivity contribution in [2.75, 3.05) is 6.61 Å². The molecule has 0 saturated heterocycles. The fraction of sp³-hybridized carbons (Fsp3) is 0.231. The van der Waals surface area contributed by atoms with Gasteiger partial charge < -0.3 is 14.3 Å². The van der Waals surface area contributed by atoms with Gasteiger partial charge in [-0.25, -0.2) is 9.78 Å². The summed E-state index contributed by atoms with van der Waals surface area (Å²) in [6.45, 7) is 4.10. The summed E-state index contributed by atoms with van der Waals surface area (Å²) in [5.74, 6) is -0.203. The third-order valence-corrected chi connectivity index (χ3v) is 2.37. The normalized spacial score (nSPS) is 10.3. The summed E-state index contributed by atoms with van der Waals surface area (Å²) in [5.41, 5.74) is 1.02. The van der Waals surface area contributed by atoms with Crippen LogP contribution in [-0.2, 0) is 0 Å². The van der Waals surface area contributed by atoms with Crippen LogP contribution in [0.15, 0.2) is 28.7 Å². The Kier molecular flexibility index (Phi) is 3.32. The molecule has 1 heterocycles. The lowest BCUT2D eigenvalue weighted by atomic mass is 10.1. The molecule has 5 nitrogen and oxygen atoms in total. The number of aromatic carboxylic acids is 1. The van der Waals surface area contributed by atoms with Gasteiger partial charge in [-0.3, -0.25) is 0 Å². The van der Waals surface area contributed by atoms with E-state index in [-0.39, 0.29) is 5.76 Å². The molecule has 0 aliphatic rings. The molecule has 1 aromatic heterocycles. The molecule has 2 rings (SSSR count). The van der Waals surface area contributed by atoms with Gasteiger partial charge >= 0.3 is 5.97 Å². The van der Waals surface area contributed by atoms with Crippen LogP contribution < -0.4 is 4.74 Å². The number of nitrogens with zero attached hydrogens (tertiary/aromatic N) is 1. The molecule has 5 heteroatoms. The second-order valence-corrected chi connectivity index (χ2v) is 3.67. The van der Waals surface area contributed by atoms with Crippen molar-refractivity contribution in [1.29, 1.82) is 0 Å². The largest absolute Gasteiger partial charge is 0.494 e. The van der Waals surface area contributed by atoms with Crippen LogP contribution in [0.2, 0.25) is 0 Å². The Labute approximate surface area is 104 Å². The Balaban J connectivity index is 2.39. The van der Waals surface area contributed by atoms with Gasteiger partial charge in [-0.15, -0.1) is 0 Å². The molecule has 1 N–H and O–H groups in total. The van der Waals surface area contributed by atoms with E-state index in [1.165, 1.54) is 0 Å². The first-order valence-electron chi connectivity index (χ1n) is 5.55. The highest BCUT2D eigenvalue weighted by molar-refractivity contribution is 5.91. The molecule has 1 aromatic carbocycles. The van der Waals surface area contributed by atoms with E-state index in [9.17, 15) is 4.79 Å². The monoisotopic (exact) mass is 247 g/mol. The number of hydrogen-bond acceptors (Lipinski definition) is 4. The third-order valence-electron chi connectivity index (χ3n) is 2.37. The molecule has 0 aliphatic carbocycles. The van der Waals surface area contributed by atoms with E-state index in [0.29, 0.717) is 23.8 Å². The van der Waals surface area contributed by atoms with E-state index in [2.05, 4.69) is 4.98 Å². The SMILES string of the molecule is CCOc1ccc(-c2nc(C)oc2C(=O)O)cc1. The summed E-state index contributed by atoms with van der Waals surface area (Å²) in [5, 5.41) is 9.02. The molecular weight excluding hydrogens is 234 g/mol. The quantitative estimate of drug-likeness (QED) is 0.899. The van der Waals surface area contributed by atoms with Gasteiger partial charge in [0.25, 0.3) is 0 Å². The molecular formula is C13H13NO4. The van der Waals surface area contributed by atoms with Crippen LogP contribution >= 0.6 is 0 Å². The van der Waals surface area contributed by atoms with Crippen molar-refractivity contribution < 1.29 is 19.1 Å². The van der Waals surface area contributed by atoms with Gasteiger partial charge in [-0.2, -0.15) is 0 Å². The Bertz CT molecular complexity index is 557. The molecule has 0 fully saturated rings. The summed E-state index contributed by atoms with van der Waals surface area (Å²) in [4.78, 5) is 15.1. The average molecular weight is 247 g/mol. The maximum Gasteiger partial charge on any atom is 0.374 e. The van der Waals surface area contributed by atoms with Crippen LogP contribution in [0, 0.1) is 6.92 Å². The lowest BCUT2D eigenvalue weighted by Crippen LogP contribution is -1.97. The van der Waals surface area contributed by atoms with Crippen molar-refractivity contribution in [2.45, 2.75) is 13.8 Å². The predicted molar refractivity (Wildman–Crippen MR) is 64.8 cm³/mol. The summed E-state index contributed by atoms with van der Waals surface area (Å²) in [7, 11) is 0. The molecule has 94 valence electrons. The van der Waals surface area contributed by atoms with E-state index in [0.717, 1.165) is 5.75 Å². The highest BCUT2D eigenvalue weighted by Gasteiger charge is 2.19.